The van der Waals surface area contributed by atoms with Gasteiger partial charge in [-0.05, 0) is 77.2 Å². The Morgan fingerprint density at radius 2 is 1.80 bits per heavy atom. The number of anilines is 1. The quantitative estimate of drug-likeness (QED) is 0.207. The van der Waals surface area contributed by atoms with E-state index in [9.17, 15) is 14.9 Å². The number of carbonyl (C=O) groups is 2. The van der Waals surface area contributed by atoms with Gasteiger partial charge >= 0.3 is 0 Å². The summed E-state index contributed by atoms with van der Waals surface area (Å²) >= 11 is 3.42. The van der Waals surface area contributed by atoms with Crippen LogP contribution in [0, 0.1) is 18.3 Å². The van der Waals surface area contributed by atoms with E-state index in [2.05, 4.69) is 26.6 Å². The van der Waals surface area contributed by atoms with Gasteiger partial charge in [-0.15, -0.1) is 0 Å². The molecule has 0 heterocycles. The monoisotopic (exact) mass is 531 g/mol. The van der Waals surface area contributed by atoms with Crippen molar-refractivity contribution in [2.24, 2.45) is 0 Å². The molecule has 3 aromatic rings. The highest BCUT2D eigenvalue weighted by atomic mass is 79.9. The van der Waals surface area contributed by atoms with Crippen LogP contribution >= 0.6 is 15.9 Å². The third-order valence-electron chi connectivity index (χ3n) is 5.10. The van der Waals surface area contributed by atoms with Crippen LogP contribution in [-0.4, -0.2) is 25.0 Å². The normalized spacial score (nSPS) is 10.8. The Morgan fingerprint density at radius 1 is 1.06 bits per heavy atom. The Hall–Kier alpha value is -3.89. The minimum atomic E-state index is -0.412. The van der Waals surface area contributed by atoms with Gasteiger partial charge in [0.2, 0.25) is 0 Å². The fourth-order valence-electron chi connectivity index (χ4n) is 3.25. The van der Waals surface area contributed by atoms with Gasteiger partial charge in [0.15, 0.2) is 6.61 Å². The Kier molecular flexibility index (Phi) is 9.64. The molecule has 0 bridgehead atoms. The molecule has 3 rings (SSSR count). The highest BCUT2D eigenvalue weighted by Gasteiger charge is 2.11. The number of ether oxygens (including phenoxy) is 1. The molecule has 0 aromatic heterocycles. The molecule has 35 heavy (non-hydrogen) atoms. The standard InChI is InChI=1S/C28H26BrN3O3/c1-20-9-12-24(13-10-20)32-27(33)19-35-26-14-11-22(17-25(26)29)16-23(18-30)28(34)31-15-5-8-21-6-3-2-4-7-21/h2-4,6-7,9-14,16-17H,5,8,15,19H2,1H3,(H,31,34)(H,32,33)/b23-16-. The summed E-state index contributed by atoms with van der Waals surface area (Å²) in [5.74, 6) is -0.213. The van der Waals surface area contributed by atoms with Crippen molar-refractivity contribution in [1.82, 2.24) is 5.32 Å². The summed E-state index contributed by atoms with van der Waals surface area (Å²) in [7, 11) is 0. The number of hydrogen-bond donors (Lipinski definition) is 2. The van der Waals surface area contributed by atoms with Crippen molar-refractivity contribution in [3.63, 3.8) is 0 Å². The second-order valence-corrected chi connectivity index (χ2v) is 8.76. The molecule has 0 aliphatic rings. The van der Waals surface area contributed by atoms with E-state index in [4.69, 9.17) is 4.74 Å². The van der Waals surface area contributed by atoms with Crippen LogP contribution in [0.3, 0.4) is 0 Å². The number of aryl methyl sites for hydroxylation is 2. The fraction of sp³-hybridized carbons (Fsp3) is 0.179. The van der Waals surface area contributed by atoms with Crippen LogP contribution in [0.4, 0.5) is 5.69 Å². The number of nitrogens with one attached hydrogen (secondary N) is 2. The average molecular weight is 532 g/mol. The van der Waals surface area contributed by atoms with E-state index in [1.807, 2.05) is 67.6 Å². The molecule has 3 aromatic carbocycles. The topological polar surface area (TPSA) is 91.2 Å². The number of nitriles is 1. The van der Waals surface area contributed by atoms with Crippen molar-refractivity contribution in [3.8, 4) is 11.8 Å². The molecule has 0 unspecified atom stereocenters. The molecule has 6 nitrogen and oxygen atoms in total. The van der Waals surface area contributed by atoms with Crippen LogP contribution in [0.1, 0.15) is 23.1 Å². The molecular formula is C28H26BrN3O3. The van der Waals surface area contributed by atoms with Crippen molar-refractivity contribution in [2.75, 3.05) is 18.5 Å². The van der Waals surface area contributed by atoms with E-state index in [0.29, 0.717) is 28.0 Å². The number of halogens is 1. The van der Waals surface area contributed by atoms with Crippen molar-refractivity contribution in [1.29, 1.82) is 5.26 Å². The lowest BCUT2D eigenvalue weighted by Gasteiger charge is -2.10. The molecular weight excluding hydrogens is 506 g/mol. The molecule has 0 aliphatic carbocycles. The summed E-state index contributed by atoms with van der Waals surface area (Å²) in [5.41, 5.74) is 3.69. The lowest BCUT2D eigenvalue weighted by atomic mass is 10.1. The van der Waals surface area contributed by atoms with Crippen LogP contribution in [0.25, 0.3) is 6.08 Å². The molecule has 0 atom stereocenters. The van der Waals surface area contributed by atoms with Gasteiger partial charge in [0.1, 0.15) is 17.4 Å². The molecule has 0 aliphatic heterocycles. The Labute approximate surface area is 213 Å². The van der Waals surface area contributed by atoms with E-state index in [1.54, 1.807) is 18.2 Å². The third-order valence-corrected chi connectivity index (χ3v) is 5.72. The van der Waals surface area contributed by atoms with Gasteiger partial charge in [-0.1, -0.05) is 54.1 Å². The number of amides is 2. The van der Waals surface area contributed by atoms with E-state index in [-0.39, 0.29) is 18.1 Å². The molecule has 2 amide bonds. The van der Waals surface area contributed by atoms with Crippen molar-refractivity contribution in [3.05, 3.63) is 99.5 Å². The first-order valence-corrected chi connectivity index (χ1v) is 12.0. The van der Waals surface area contributed by atoms with Crippen molar-refractivity contribution >= 4 is 39.5 Å². The van der Waals surface area contributed by atoms with Crippen molar-refractivity contribution in [2.45, 2.75) is 19.8 Å². The zero-order chi connectivity index (χ0) is 25.0. The number of rotatable bonds is 10. The maximum atomic E-state index is 12.4. The zero-order valence-corrected chi connectivity index (χ0v) is 21.0. The number of hydrogen-bond acceptors (Lipinski definition) is 4. The van der Waals surface area contributed by atoms with Gasteiger partial charge in [-0.25, -0.2) is 0 Å². The lowest BCUT2D eigenvalue weighted by molar-refractivity contribution is -0.118. The van der Waals surface area contributed by atoms with E-state index in [1.165, 1.54) is 11.6 Å². The van der Waals surface area contributed by atoms with Gasteiger partial charge in [0, 0.05) is 12.2 Å². The minimum absolute atomic E-state index is 0.0164. The highest BCUT2D eigenvalue weighted by molar-refractivity contribution is 9.10. The Bertz CT molecular complexity index is 1230. The maximum absolute atomic E-state index is 12.4. The molecule has 0 saturated heterocycles. The first-order chi connectivity index (χ1) is 16.9. The van der Waals surface area contributed by atoms with E-state index in [0.717, 1.165) is 18.4 Å². The third kappa shape index (κ3) is 8.43. The van der Waals surface area contributed by atoms with Crippen LogP contribution in [0.5, 0.6) is 5.75 Å². The molecule has 0 fully saturated rings. The Balaban J connectivity index is 1.51. The molecule has 7 heteroatoms. The summed E-state index contributed by atoms with van der Waals surface area (Å²) in [6.45, 7) is 2.30. The van der Waals surface area contributed by atoms with Gasteiger partial charge < -0.3 is 15.4 Å². The largest absolute Gasteiger partial charge is 0.483 e. The predicted octanol–water partition coefficient (Wildman–Crippen LogP) is 5.43. The van der Waals surface area contributed by atoms with Crippen LogP contribution < -0.4 is 15.4 Å². The smallest absolute Gasteiger partial charge is 0.262 e. The first-order valence-electron chi connectivity index (χ1n) is 11.2. The lowest BCUT2D eigenvalue weighted by Crippen LogP contribution is -2.25. The molecule has 178 valence electrons. The summed E-state index contributed by atoms with van der Waals surface area (Å²) in [5, 5.41) is 15.0. The van der Waals surface area contributed by atoms with Gasteiger partial charge in [0.05, 0.1) is 4.47 Å². The van der Waals surface area contributed by atoms with Gasteiger partial charge in [-0.2, -0.15) is 5.26 Å². The fourth-order valence-corrected chi connectivity index (χ4v) is 3.76. The predicted molar refractivity (Wildman–Crippen MR) is 141 cm³/mol. The van der Waals surface area contributed by atoms with Crippen LogP contribution in [0.15, 0.2) is 82.8 Å². The molecule has 0 spiro atoms. The van der Waals surface area contributed by atoms with Crippen LogP contribution in [-0.2, 0) is 16.0 Å². The van der Waals surface area contributed by atoms with Crippen LogP contribution in [0.2, 0.25) is 0 Å². The van der Waals surface area contributed by atoms with E-state index < -0.39 is 5.91 Å². The maximum Gasteiger partial charge on any atom is 0.262 e. The number of carbonyl (C=O) groups excluding carboxylic acids is 2. The second kappa shape index (κ2) is 13.1. The zero-order valence-electron chi connectivity index (χ0n) is 19.4. The summed E-state index contributed by atoms with van der Waals surface area (Å²) in [6.07, 6.45) is 3.15. The summed E-state index contributed by atoms with van der Waals surface area (Å²) in [6, 6.07) is 24.6. The van der Waals surface area contributed by atoms with Gasteiger partial charge in [-0.3, -0.25) is 9.59 Å². The SMILES string of the molecule is Cc1ccc(NC(=O)COc2ccc(/C=C(/C#N)C(=O)NCCCc3ccccc3)cc2Br)cc1. The Morgan fingerprint density at radius 3 is 2.49 bits per heavy atom. The minimum Gasteiger partial charge on any atom is -0.483 e. The van der Waals surface area contributed by atoms with E-state index >= 15 is 0 Å². The van der Waals surface area contributed by atoms with Crippen molar-refractivity contribution < 1.29 is 14.3 Å². The van der Waals surface area contributed by atoms with Gasteiger partial charge in [0.25, 0.3) is 11.8 Å². The second-order valence-electron chi connectivity index (χ2n) is 7.91. The summed E-state index contributed by atoms with van der Waals surface area (Å²) < 4.78 is 6.21. The molecule has 0 saturated carbocycles. The number of nitrogens with zero attached hydrogens (tertiary/aromatic N) is 1. The average Bonchev–Trinajstić information content (AvgIpc) is 2.86. The highest BCUT2D eigenvalue weighted by Crippen LogP contribution is 2.27. The molecule has 0 radical (unpaired) electrons. The first kappa shape index (κ1) is 25.7. The number of benzene rings is 3. The summed E-state index contributed by atoms with van der Waals surface area (Å²) in [4.78, 5) is 24.6. The molecule has 2 N–H and O–H groups in total.